The van der Waals surface area contributed by atoms with Crippen molar-refractivity contribution >= 4 is 22.7 Å². The van der Waals surface area contributed by atoms with Crippen molar-refractivity contribution in [3.05, 3.63) is 52.7 Å². The topological polar surface area (TPSA) is 107 Å². The molecule has 1 saturated heterocycles. The summed E-state index contributed by atoms with van der Waals surface area (Å²) in [7, 11) is 0. The van der Waals surface area contributed by atoms with Crippen molar-refractivity contribution in [2.24, 2.45) is 0 Å². The number of β-amino-alcohol motifs (C(OH)–C–C–N with tert-alkyl or cyclic N) is 1. The van der Waals surface area contributed by atoms with Gasteiger partial charge < -0.3 is 20.3 Å². The minimum Gasteiger partial charge on any atom is -0.391 e. The third kappa shape index (κ3) is 3.29. The SMILES string of the molecule is O=c1[nH]c(CNc2nccc(N3CCC(O)C3)n2)nc2ccccc12. The van der Waals surface area contributed by atoms with E-state index in [1.54, 1.807) is 12.3 Å². The van der Waals surface area contributed by atoms with Gasteiger partial charge in [0.2, 0.25) is 5.95 Å². The molecule has 1 aliphatic rings. The van der Waals surface area contributed by atoms with E-state index >= 15 is 0 Å². The van der Waals surface area contributed by atoms with Crippen LogP contribution in [0.3, 0.4) is 0 Å². The number of para-hydroxylation sites is 1. The molecule has 0 aliphatic carbocycles. The minimum atomic E-state index is -0.307. The van der Waals surface area contributed by atoms with Crippen LogP contribution in [0.15, 0.2) is 41.3 Å². The van der Waals surface area contributed by atoms with Gasteiger partial charge in [0, 0.05) is 19.3 Å². The molecule has 1 aromatic carbocycles. The average molecular weight is 338 g/mol. The van der Waals surface area contributed by atoms with E-state index in [0.29, 0.717) is 35.8 Å². The highest BCUT2D eigenvalue weighted by Gasteiger charge is 2.21. The van der Waals surface area contributed by atoms with E-state index in [1.165, 1.54) is 0 Å². The van der Waals surface area contributed by atoms with E-state index in [0.717, 1.165) is 18.8 Å². The Labute approximate surface area is 143 Å². The van der Waals surface area contributed by atoms with Gasteiger partial charge in [0.15, 0.2) is 0 Å². The van der Waals surface area contributed by atoms with Crippen molar-refractivity contribution in [3.63, 3.8) is 0 Å². The molecule has 8 heteroatoms. The largest absolute Gasteiger partial charge is 0.391 e. The summed E-state index contributed by atoms with van der Waals surface area (Å²) in [5, 5.41) is 13.3. The lowest BCUT2D eigenvalue weighted by Crippen LogP contribution is -2.22. The molecule has 0 amide bonds. The van der Waals surface area contributed by atoms with Crippen molar-refractivity contribution in [2.45, 2.75) is 19.1 Å². The van der Waals surface area contributed by atoms with Crippen molar-refractivity contribution in [1.82, 2.24) is 19.9 Å². The number of hydrogen-bond donors (Lipinski definition) is 3. The van der Waals surface area contributed by atoms with Gasteiger partial charge in [0.05, 0.1) is 23.6 Å². The van der Waals surface area contributed by atoms with Crippen LogP contribution in [0.25, 0.3) is 10.9 Å². The number of aliphatic hydroxyl groups is 1. The average Bonchev–Trinajstić information content (AvgIpc) is 3.07. The van der Waals surface area contributed by atoms with E-state index in [4.69, 9.17) is 0 Å². The number of H-pyrrole nitrogens is 1. The maximum atomic E-state index is 12.1. The third-order valence-corrected chi connectivity index (χ3v) is 4.20. The zero-order chi connectivity index (χ0) is 17.2. The first-order valence-corrected chi connectivity index (χ1v) is 8.17. The summed E-state index contributed by atoms with van der Waals surface area (Å²) in [6.07, 6.45) is 2.11. The first-order chi connectivity index (χ1) is 12.2. The lowest BCUT2D eigenvalue weighted by atomic mass is 10.2. The lowest BCUT2D eigenvalue weighted by Gasteiger charge is -2.16. The molecule has 0 spiro atoms. The van der Waals surface area contributed by atoms with Gasteiger partial charge in [-0.3, -0.25) is 4.79 Å². The Balaban J connectivity index is 1.51. The third-order valence-electron chi connectivity index (χ3n) is 4.20. The number of anilines is 2. The normalized spacial score (nSPS) is 17.2. The van der Waals surface area contributed by atoms with E-state index in [1.807, 2.05) is 29.2 Å². The Bertz CT molecular complexity index is 957. The Kier molecular flexibility index (Phi) is 4.02. The minimum absolute atomic E-state index is 0.164. The molecule has 1 unspecified atom stereocenters. The Morgan fingerprint density at radius 3 is 3.00 bits per heavy atom. The second-order valence-electron chi connectivity index (χ2n) is 6.01. The summed E-state index contributed by atoms with van der Waals surface area (Å²) in [6.45, 7) is 1.67. The van der Waals surface area contributed by atoms with Gasteiger partial charge in [-0.15, -0.1) is 0 Å². The molecule has 128 valence electrons. The second-order valence-corrected chi connectivity index (χ2v) is 6.01. The van der Waals surface area contributed by atoms with Gasteiger partial charge in [0.25, 0.3) is 5.56 Å². The zero-order valence-electron chi connectivity index (χ0n) is 13.5. The van der Waals surface area contributed by atoms with E-state index in [2.05, 4.69) is 25.3 Å². The number of nitrogens with zero attached hydrogens (tertiary/aromatic N) is 4. The predicted octanol–water partition coefficient (Wildman–Crippen LogP) is 0.896. The lowest BCUT2D eigenvalue weighted by molar-refractivity contribution is 0.198. The van der Waals surface area contributed by atoms with E-state index < -0.39 is 0 Å². The molecule has 2 aromatic heterocycles. The van der Waals surface area contributed by atoms with Crippen LogP contribution in [0.4, 0.5) is 11.8 Å². The molecule has 3 N–H and O–H groups in total. The first-order valence-electron chi connectivity index (χ1n) is 8.17. The number of benzene rings is 1. The monoisotopic (exact) mass is 338 g/mol. The van der Waals surface area contributed by atoms with E-state index in [9.17, 15) is 9.90 Å². The van der Waals surface area contributed by atoms with Gasteiger partial charge in [0.1, 0.15) is 11.6 Å². The number of aliphatic hydroxyl groups excluding tert-OH is 1. The number of fused-ring (bicyclic) bond motifs is 1. The molecule has 1 aliphatic heterocycles. The Hall–Kier alpha value is -3.00. The second kappa shape index (κ2) is 6.48. The smallest absolute Gasteiger partial charge is 0.258 e. The van der Waals surface area contributed by atoms with Crippen LogP contribution in [0.5, 0.6) is 0 Å². The Morgan fingerprint density at radius 2 is 2.16 bits per heavy atom. The fraction of sp³-hybridized carbons (Fsp3) is 0.294. The van der Waals surface area contributed by atoms with Crippen LogP contribution >= 0.6 is 0 Å². The van der Waals surface area contributed by atoms with E-state index in [-0.39, 0.29) is 11.7 Å². The molecule has 0 saturated carbocycles. The molecular formula is C17H18N6O2. The molecule has 3 heterocycles. The van der Waals surface area contributed by atoms with Crippen LogP contribution in [-0.2, 0) is 6.54 Å². The van der Waals surface area contributed by atoms with Crippen LogP contribution in [0, 0.1) is 0 Å². The van der Waals surface area contributed by atoms with Crippen LogP contribution in [0.2, 0.25) is 0 Å². The van der Waals surface area contributed by atoms with Gasteiger partial charge in [-0.2, -0.15) is 4.98 Å². The van der Waals surface area contributed by atoms with Crippen molar-refractivity contribution in [1.29, 1.82) is 0 Å². The Morgan fingerprint density at radius 1 is 1.28 bits per heavy atom. The molecule has 0 bridgehead atoms. The summed E-state index contributed by atoms with van der Waals surface area (Å²) < 4.78 is 0. The number of nitrogens with one attached hydrogen (secondary N) is 2. The summed E-state index contributed by atoms with van der Waals surface area (Å²) in [5.41, 5.74) is 0.492. The summed E-state index contributed by atoms with van der Waals surface area (Å²) in [6, 6.07) is 9.04. The first kappa shape index (κ1) is 15.5. The molecule has 25 heavy (non-hydrogen) atoms. The highest BCUT2D eigenvalue weighted by atomic mass is 16.3. The molecule has 0 radical (unpaired) electrons. The molecule has 8 nitrogen and oxygen atoms in total. The van der Waals surface area contributed by atoms with Gasteiger partial charge in [-0.1, -0.05) is 12.1 Å². The summed E-state index contributed by atoms with van der Waals surface area (Å²) >= 11 is 0. The molecule has 3 aromatic rings. The number of rotatable bonds is 4. The van der Waals surface area contributed by atoms with Gasteiger partial charge >= 0.3 is 0 Å². The zero-order valence-corrected chi connectivity index (χ0v) is 13.5. The maximum absolute atomic E-state index is 12.1. The van der Waals surface area contributed by atoms with Crippen LogP contribution < -0.4 is 15.8 Å². The van der Waals surface area contributed by atoms with Gasteiger partial charge in [-0.05, 0) is 24.6 Å². The molecular weight excluding hydrogens is 320 g/mol. The fourth-order valence-corrected chi connectivity index (χ4v) is 2.94. The highest BCUT2D eigenvalue weighted by Crippen LogP contribution is 2.18. The van der Waals surface area contributed by atoms with Crippen molar-refractivity contribution in [2.75, 3.05) is 23.3 Å². The predicted molar refractivity (Wildman–Crippen MR) is 94.6 cm³/mol. The summed E-state index contributed by atoms with van der Waals surface area (Å²) in [4.78, 5) is 30.0. The maximum Gasteiger partial charge on any atom is 0.258 e. The quantitative estimate of drug-likeness (QED) is 0.648. The standard InChI is InChI=1S/C17H18N6O2/c24-11-6-8-23(10-11)15-5-7-18-17(22-15)19-9-14-20-13-4-2-1-3-12(13)16(25)21-14/h1-5,7,11,24H,6,8-10H2,(H,18,19,22)(H,20,21,25). The number of aromatic nitrogens is 4. The van der Waals surface area contributed by atoms with Crippen LogP contribution in [0.1, 0.15) is 12.2 Å². The van der Waals surface area contributed by atoms with Crippen molar-refractivity contribution in [3.8, 4) is 0 Å². The summed E-state index contributed by atoms with van der Waals surface area (Å²) in [5.74, 6) is 1.75. The van der Waals surface area contributed by atoms with Gasteiger partial charge in [-0.25, -0.2) is 9.97 Å². The number of aromatic amines is 1. The van der Waals surface area contributed by atoms with Crippen molar-refractivity contribution < 1.29 is 5.11 Å². The molecule has 1 fully saturated rings. The van der Waals surface area contributed by atoms with Crippen LogP contribution in [-0.4, -0.2) is 44.2 Å². The number of hydrogen-bond acceptors (Lipinski definition) is 7. The molecule has 4 rings (SSSR count). The fourth-order valence-electron chi connectivity index (χ4n) is 2.94. The molecule has 1 atom stereocenters. The highest BCUT2D eigenvalue weighted by molar-refractivity contribution is 5.77.